The number of hydrogen-bond acceptors (Lipinski definition) is 2. The molecule has 2 fully saturated rings. The molecule has 2 aliphatic rings. The lowest BCUT2D eigenvalue weighted by Gasteiger charge is -2.25. The second kappa shape index (κ2) is 3.89. The molecule has 0 radical (unpaired) electrons. The summed E-state index contributed by atoms with van der Waals surface area (Å²) in [7, 11) is 0. The Morgan fingerprint density at radius 1 is 1.36 bits per heavy atom. The van der Waals surface area contributed by atoms with E-state index in [-0.39, 0.29) is 23.9 Å². The molecule has 3 heteroatoms. The van der Waals surface area contributed by atoms with Crippen LogP contribution in [-0.4, -0.2) is 18.0 Å². The fraction of sp³-hybridized carbons (Fsp3) is 0.909. The summed E-state index contributed by atoms with van der Waals surface area (Å²) in [6.07, 6.45) is 5.59. The average Bonchev–Trinajstić information content (AvgIpc) is 2.81. The van der Waals surface area contributed by atoms with Crippen molar-refractivity contribution in [1.29, 1.82) is 0 Å². The van der Waals surface area contributed by atoms with Crippen LogP contribution in [0.4, 0.5) is 0 Å². The van der Waals surface area contributed by atoms with E-state index in [1.54, 1.807) is 0 Å². The zero-order valence-electron chi connectivity index (χ0n) is 8.83. The third-order valence-electron chi connectivity index (χ3n) is 3.47. The van der Waals surface area contributed by atoms with Gasteiger partial charge in [-0.3, -0.25) is 4.79 Å². The highest BCUT2D eigenvalue weighted by Gasteiger charge is 2.36. The largest absolute Gasteiger partial charge is 0.352 e. The first kappa shape index (κ1) is 9.97. The summed E-state index contributed by atoms with van der Waals surface area (Å²) >= 11 is 0. The molecular formula is C11H20N2O. The van der Waals surface area contributed by atoms with E-state index in [2.05, 4.69) is 12.2 Å². The summed E-state index contributed by atoms with van der Waals surface area (Å²) in [5, 5.41) is 3.03. The number of hydrogen-bond donors (Lipinski definition) is 2. The van der Waals surface area contributed by atoms with Gasteiger partial charge < -0.3 is 11.1 Å². The van der Waals surface area contributed by atoms with Gasteiger partial charge in [0.25, 0.3) is 0 Å². The molecule has 3 nitrogen and oxygen atoms in total. The minimum Gasteiger partial charge on any atom is -0.352 e. The maximum atomic E-state index is 11.8. The van der Waals surface area contributed by atoms with Crippen LogP contribution in [0.5, 0.6) is 0 Å². The maximum absolute atomic E-state index is 11.8. The molecule has 4 atom stereocenters. The Balaban J connectivity index is 1.78. The quantitative estimate of drug-likeness (QED) is 0.693. The first-order chi connectivity index (χ1) is 6.66. The Kier molecular flexibility index (Phi) is 2.77. The van der Waals surface area contributed by atoms with Crippen molar-refractivity contribution in [2.24, 2.45) is 17.6 Å². The Labute approximate surface area is 85.4 Å². The summed E-state index contributed by atoms with van der Waals surface area (Å²) in [6, 6.07) is 0.500. The Morgan fingerprint density at radius 3 is 2.64 bits per heavy atom. The molecule has 0 aromatic heterocycles. The molecule has 0 saturated heterocycles. The molecular weight excluding hydrogens is 176 g/mol. The van der Waals surface area contributed by atoms with Crippen LogP contribution in [0.15, 0.2) is 0 Å². The molecule has 2 saturated carbocycles. The van der Waals surface area contributed by atoms with Crippen LogP contribution < -0.4 is 11.1 Å². The van der Waals surface area contributed by atoms with Crippen molar-refractivity contribution >= 4 is 5.91 Å². The summed E-state index contributed by atoms with van der Waals surface area (Å²) in [6.45, 7) is 2.24. The van der Waals surface area contributed by atoms with Gasteiger partial charge in [-0.15, -0.1) is 0 Å². The fourth-order valence-corrected chi connectivity index (χ4v) is 2.35. The van der Waals surface area contributed by atoms with Crippen molar-refractivity contribution in [2.45, 2.75) is 51.1 Å². The van der Waals surface area contributed by atoms with Crippen molar-refractivity contribution in [2.75, 3.05) is 0 Å². The van der Waals surface area contributed by atoms with Crippen LogP contribution in [0, 0.1) is 11.8 Å². The maximum Gasteiger partial charge on any atom is 0.223 e. The highest BCUT2D eigenvalue weighted by Crippen LogP contribution is 2.29. The molecule has 1 amide bonds. The first-order valence-electron chi connectivity index (χ1n) is 5.72. The zero-order valence-corrected chi connectivity index (χ0v) is 8.83. The lowest BCUT2D eigenvalue weighted by atomic mass is 9.82. The van der Waals surface area contributed by atoms with Gasteiger partial charge in [0.1, 0.15) is 0 Å². The van der Waals surface area contributed by atoms with Gasteiger partial charge >= 0.3 is 0 Å². The van der Waals surface area contributed by atoms with E-state index in [0.29, 0.717) is 5.92 Å². The Bertz CT molecular complexity index is 229. The van der Waals surface area contributed by atoms with Crippen LogP contribution in [0.3, 0.4) is 0 Å². The van der Waals surface area contributed by atoms with Gasteiger partial charge in [-0.2, -0.15) is 0 Å². The Hall–Kier alpha value is -0.570. The molecule has 80 valence electrons. The molecule has 0 aromatic rings. The highest BCUT2D eigenvalue weighted by atomic mass is 16.2. The molecule has 0 aromatic carbocycles. The minimum atomic E-state index is 0.222. The summed E-state index contributed by atoms with van der Waals surface area (Å²) in [4.78, 5) is 11.8. The van der Waals surface area contributed by atoms with Crippen molar-refractivity contribution < 1.29 is 4.79 Å². The van der Waals surface area contributed by atoms with Crippen LogP contribution in [-0.2, 0) is 4.79 Å². The van der Waals surface area contributed by atoms with E-state index in [4.69, 9.17) is 5.73 Å². The number of amides is 1. The molecule has 2 rings (SSSR count). The summed E-state index contributed by atoms with van der Waals surface area (Å²) in [5.41, 5.74) is 5.66. The van der Waals surface area contributed by atoms with Crippen molar-refractivity contribution in [3.63, 3.8) is 0 Å². The van der Waals surface area contributed by atoms with Gasteiger partial charge in [0.2, 0.25) is 5.91 Å². The molecule has 4 unspecified atom stereocenters. The predicted molar refractivity (Wildman–Crippen MR) is 55.6 cm³/mol. The van der Waals surface area contributed by atoms with Crippen molar-refractivity contribution in [3.8, 4) is 0 Å². The van der Waals surface area contributed by atoms with Gasteiger partial charge in [0, 0.05) is 18.0 Å². The van der Waals surface area contributed by atoms with Crippen LogP contribution in [0.2, 0.25) is 0 Å². The van der Waals surface area contributed by atoms with Gasteiger partial charge in [-0.05, 0) is 25.2 Å². The number of carbonyl (C=O) groups excluding carboxylic acids is 1. The number of rotatable bonds is 2. The van der Waals surface area contributed by atoms with Crippen LogP contribution in [0.1, 0.15) is 39.0 Å². The van der Waals surface area contributed by atoms with E-state index in [1.165, 1.54) is 12.8 Å². The number of nitrogens with one attached hydrogen (secondary N) is 1. The van der Waals surface area contributed by atoms with E-state index in [0.717, 1.165) is 19.3 Å². The summed E-state index contributed by atoms with van der Waals surface area (Å²) < 4.78 is 0. The van der Waals surface area contributed by atoms with E-state index < -0.39 is 0 Å². The molecule has 0 aliphatic heterocycles. The van der Waals surface area contributed by atoms with Gasteiger partial charge in [-0.1, -0.05) is 19.8 Å². The Morgan fingerprint density at radius 2 is 2.07 bits per heavy atom. The SMILES string of the molecule is CC1CCCC(C(=O)NC2CC2N)C1. The number of nitrogens with two attached hydrogens (primary N) is 1. The second-order valence-electron chi connectivity index (χ2n) is 4.98. The molecule has 3 N–H and O–H groups in total. The first-order valence-corrected chi connectivity index (χ1v) is 5.72. The van der Waals surface area contributed by atoms with E-state index in [1.807, 2.05) is 0 Å². The third-order valence-corrected chi connectivity index (χ3v) is 3.47. The molecule has 14 heavy (non-hydrogen) atoms. The smallest absolute Gasteiger partial charge is 0.223 e. The lowest BCUT2D eigenvalue weighted by Crippen LogP contribution is -2.36. The zero-order chi connectivity index (χ0) is 10.1. The summed E-state index contributed by atoms with van der Waals surface area (Å²) in [5.74, 6) is 1.22. The highest BCUT2D eigenvalue weighted by molar-refractivity contribution is 5.79. The lowest BCUT2D eigenvalue weighted by molar-refractivity contribution is -0.126. The average molecular weight is 196 g/mol. The minimum absolute atomic E-state index is 0.222. The van der Waals surface area contributed by atoms with Crippen LogP contribution in [0.25, 0.3) is 0 Å². The third kappa shape index (κ3) is 2.27. The molecule has 0 heterocycles. The van der Waals surface area contributed by atoms with Gasteiger partial charge in [0.15, 0.2) is 0 Å². The predicted octanol–water partition coefficient (Wildman–Crippen LogP) is 1.03. The monoisotopic (exact) mass is 196 g/mol. The van der Waals surface area contributed by atoms with Crippen LogP contribution >= 0.6 is 0 Å². The second-order valence-corrected chi connectivity index (χ2v) is 4.98. The molecule has 0 bridgehead atoms. The van der Waals surface area contributed by atoms with Crippen molar-refractivity contribution in [3.05, 3.63) is 0 Å². The molecule has 0 spiro atoms. The number of carbonyl (C=O) groups is 1. The topological polar surface area (TPSA) is 55.1 Å². The molecule has 2 aliphatic carbocycles. The van der Waals surface area contributed by atoms with Gasteiger partial charge in [0.05, 0.1) is 0 Å². The standard InChI is InChI=1S/C11H20N2O/c1-7-3-2-4-8(5-7)11(14)13-10-6-9(10)12/h7-10H,2-6,12H2,1H3,(H,13,14). The van der Waals surface area contributed by atoms with Crippen molar-refractivity contribution in [1.82, 2.24) is 5.32 Å². The van der Waals surface area contributed by atoms with E-state index in [9.17, 15) is 4.79 Å². The normalized spacial score (nSPS) is 41.9. The fourth-order valence-electron chi connectivity index (χ4n) is 2.35. The van der Waals surface area contributed by atoms with E-state index >= 15 is 0 Å². The van der Waals surface area contributed by atoms with Gasteiger partial charge in [-0.25, -0.2) is 0 Å².